The van der Waals surface area contributed by atoms with Crippen molar-refractivity contribution < 1.29 is 0 Å². The largest absolute Gasteiger partial charge is 0.296 e. The van der Waals surface area contributed by atoms with Crippen molar-refractivity contribution in [3.05, 3.63) is 35.4 Å². The minimum absolute atomic E-state index is 0.428. The first-order chi connectivity index (χ1) is 7.86. The van der Waals surface area contributed by atoms with E-state index in [-0.39, 0.29) is 0 Å². The Morgan fingerprint density at radius 2 is 2.19 bits per heavy atom. The highest BCUT2D eigenvalue weighted by Gasteiger charge is 2.28. The van der Waals surface area contributed by atoms with Gasteiger partial charge in [0.15, 0.2) is 0 Å². The maximum atomic E-state index is 5.97. The molecule has 3 heteroatoms. The van der Waals surface area contributed by atoms with Gasteiger partial charge in [0.05, 0.1) is 13.1 Å². The highest BCUT2D eigenvalue weighted by atomic mass is 15.5. The Bertz CT molecular complexity index is 425. The lowest BCUT2D eigenvalue weighted by Crippen LogP contribution is -2.38. The number of hydrogen-bond acceptors (Lipinski definition) is 3. The van der Waals surface area contributed by atoms with Crippen LogP contribution in [0.25, 0.3) is 0 Å². The van der Waals surface area contributed by atoms with Crippen molar-refractivity contribution >= 4 is 5.84 Å². The summed E-state index contributed by atoms with van der Waals surface area (Å²) in [6.07, 6.45) is 3.63. The maximum absolute atomic E-state index is 5.97. The zero-order valence-corrected chi connectivity index (χ0v) is 9.39. The Morgan fingerprint density at radius 3 is 3.00 bits per heavy atom. The van der Waals surface area contributed by atoms with Crippen LogP contribution >= 0.6 is 0 Å². The van der Waals surface area contributed by atoms with Crippen LogP contribution in [0.1, 0.15) is 29.9 Å². The van der Waals surface area contributed by atoms with E-state index in [1.165, 1.54) is 30.4 Å². The summed E-state index contributed by atoms with van der Waals surface area (Å²) in [6.45, 7) is 1.72. The van der Waals surface area contributed by atoms with Gasteiger partial charge in [-0.2, -0.15) is 0 Å². The number of aliphatic imine (C=N–C) groups is 1. The summed E-state index contributed by atoms with van der Waals surface area (Å²) >= 11 is 0. The second kappa shape index (κ2) is 3.91. The molecule has 0 aromatic heterocycles. The van der Waals surface area contributed by atoms with Crippen LogP contribution in [0.15, 0.2) is 29.3 Å². The van der Waals surface area contributed by atoms with Crippen LogP contribution < -0.4 is 5.84 Å². The number of hydrazine groups is 1. The van der Waals surface area contributed by atoms with E-state index >= 15 is 0 Å². The highest BCUT2D eigenvalue weighted by molar-refractivity contribution is 5.90. The lowest BCUT2D eigenvalue weighted by molar-refractivity contribution is 0.458. The number of nitrogens with two attached hydrogens (primary N) is 1. The molecule has 2 aliphatic rings. The van der Waals surface area contributed by atoms with E-state index in [0.29, 0.717) is 5.92 Å². The van der Waals surface area contributed by atoms with Gasteiger partial charge in [-0.25, -0.2) is 5.84 Å². The van der Waals surface area contributed by atoms with Gasteiger partial charge in [-0.05, 0) is 30.4 Å². The first-order valence-electron chi connectivity index (χ1n) is 6.00. The summed E-state index contributed by atoms with van der Waals surface area (Å²) in [6, 6.07) is 8.71. The highest BCUT2D eigenvalue weighted by Crippen LogP contribution is 2.33. The molecule has 1 aliphatic heterocycles. The monoisotopic (exact) mass is 215 g/mol. The van der Waals surface area contributed by atoms with Crippen LogP contribution in [0.5, 0.6) is 0 Å². The average molecular weight is 215 g/mol. The summed E-state index contributed by atoms with van der Waals surface area (Å²) in [7, 11) is 0. The number of rotatable bonds is 1. The summed E-state index contributed by atoms with van der Waals surface area (Å²) in [5.74, 6) is 7.49. The van der Waals surface area contributed by atoms with E-state index in [2.05, 4.69) is 29.3 Å². The molecule has 0 saturated heterocycles. The Kier molecular flexibility index (Phi) is 2.40. The minimum atomic E-state index is 0.428. The molecule has 0 radical (unpaired) electrons. The Labute approximate surface area is 95.9 Å². The molecular weight excluding hydrogens is 198 g/mol. The minimum Gasteiger partial charge on any atom is -0.296 e. The van der Waals surface area contributed by atoms with Crippen molar-refractivity contribution in [3.8, 4) is 0 Å². The molecule has 1 aromatic carbocycles. The number of benzene rings is 1. The zero-order valence-electron chi connectivity index (χ0n) is 9.39. The molecule has 16 heavy (non-hydrogen) atoms. The number of nitrogens with zero attached hydrogens (tertiary/aromatic N) is 2. The summed E-state index contributed by atoms with van der Waals surface area (Å²) < 4.78 is 0. The third-order valence-corrected chi connectivity index (χ3v) is 3.59. The van der Waals surface area contributed by atoms with E-state index in [9.17, 15) is 0 Å². The zero-order chi connectivity index (χ0) is 11.0. The van der Waals surface area contributed by atoms with Crippen LogP contribution in [0, 0.1) is 0 Å². The van der Waals surface area contributed by atoms with Gasteiger partial charge >= 0.3 is 0 Å². The van der Waals surface area contributed by atoms with Gasteiger partial charge in [0.1, 0.15) is 5.84 Å². The molecule has 1 aliphatic carbocycles. The van der Waals surface area contributed by atoms with E-state index in [0.717, 1.165) is 18.9 Å². The summed E-state index contributed by atoms with van der Waals surface area (Å²) in [4.78, 5) is 4.56. The van der Waals surface area contributed by atoms with Crippen LogP contribution in [-0.4, -0.2) is 23.9 Å². The summed E-state index contributed by atoms with van der Waals surface area (Å²) in [5.41, 5.74) is 2.91. The van der Waals surface area contributed by atoms with Gasteiger partial charge in [0.25, 0.3) is 0 Å². The fraction of sp³-hybridized carbons (Fsp3) is 0.462. The molecule has 1 aromatic rings. The average Bonchev–Trinajstić information content (AvgIpc) is 2.75. The van der Waals surface area contributed by atoms with Crippen LogP contribution in [-0.2, 0) is 6.42 Å². The summed E-state index contributed by atoms with van der Waals surface area (Å²) in [5, 5.41) is 1.83. The van der Waals surface area contributed by atoms with Gasteiger partial charge in [0.2, 0.25) is 0 Å². The quantitative estimate of drug-likeness (QED) is 0.724. The normalized spacial score (nSPS) is 24.2. The first kappa shape index (κ1) is 9.85. The van der Waals surface area contributed by atoms with Crippen molar-refractivity contribution in [2.24, 2.45) is 10.8 Å². The smallest absolute Gasteiger partial charge is 0.121 e. The van der Waals surface area contributed by atoms with E-state index in [4.69, 9.17) is 5.84 Å². The van der Waals surface area contributed by atoms with Gasteiger partial charge in [0, 0.05) is 5.92 Å². The van der Waals surface area contributed by atoms with Gasteiger partial charge < -0.3 is 0 Å². The molecule has 0 fully saturated rings. The topological polar surface area (TPSA) is 41.6 Å². The number of amidine groups is 1. The Hall–Kier alpha value is -1.35. The molecule has 3 nitrogen and oxygen atoms in total. The lowest BCUT2D eigenvalue weighted by atomic mass is 9.82. The second-order valence-corrected chi connectivity index (χ2v) is 4.58. The Balaban J connectivity index is 1.98. The third-order valence-electron chi connectivity index (χ3n) is 3.59. The SMILES string of the molecule is NN1CCN=C1C1CCCc2ccccc21. The van der Waals surface area contributed by atoms with E-state index in [1.54, 1.807) is 0 Å². The first-order valence-corrected chi connectivity index (χ1v) is 6.00. The number of aryl methyl sites for hydroxylation is 1. The standard InChI is InChI=1S/C13H17N3/c14-16-9-8-15-13(16)12-7-3-5-10-4-1-2-6-11(10)12/h1-2,4,6,12H,3,5,7-9,14H2. The van der Waals surface area contributed by atoms with Crippen molar-refractivity contribution in [1.82, 2.24) is 5.01 Å². The number of fused-ring (bicyclic) bond motifs is 1. The number of hydrogen-bond donors (Lipinski definition) is 1. The van der Waals surface area contributed by atoms with Crippen molar-refractivity contribution in [3.63, 3.8) is 0 Å². The molecule has 0 bridgehead atoms. The fourth-order valence-corrected chi connectivity index (χ4v) is 2.81. The third kappa shape index (κ3) is 1.52. The lowest BCUT2D eigenvalue weighted by Gasteiger charge is -2.28. The van der Waals surface area contributed by atoms with Crippen LogP contribution in [0.3, 0.4) is 0 Å². The van der Waals surface area contributed by atoms with Gasteiger partial charge in [-0.1, -0.05) is 24.3 Å². The molecule has 3 rings (SSSR count). The molecule has 0 saturated carbocycles. The second-order valence-electron chi connectivity index (χ2n) is 4.58. The predicted molar refractivity (Wildman–Crippen MR) is 65.3 cm³/mol. The van der Waals surface area contributed by atoms with E-state index < -0.39 is 0 Å². The van der Waals surface area contributed by atoms with Crippen molar-refractivity contribution in [2.45, 2.75) is 25.2 Å². The van der Waals surface area contributed by atoms with E-state index in [1.807, 2.05) is 5.01 Å². The molecule has 0 amide bonds. The van der Waals surface area contributed by atoms with Gasteiger partial charge in [-0.15, -0.1) is 0 Å². The fourth-order valence-electron chi connectivity index (χ4n) is 2.81. The van der Waals surface area contributed by atoms with Crippen LogP contribution in [0.4, 0.5) is 0 Å². The van der Waals surface area contributed by atoms with Gasteiger partial charge in [-0.3, -0.25) is 10.0 Å². The van der Waals surface area contributed by atoms with Crippen LogP contribution in [0.2, 0.25) is 0 Å². The maximum Gasteiger partial charge on any atom is 0.121 e. The molecule has 1 atom stereocenters. The molecule has 1 heterocycles. The molecule has 84 valence electrons. The van der Waals surface area contributed by atoms with Crippen molar-refractivity contribution in [1.29, 1.82) is 0 Å². The Morgan fingerprint density at radius 1 is 1.31 bits per heavy atom. The molecule has 1 unspecified atom stereocenters. The molecule has 2 N–H and O–H groups in total. The molecular formula is C13H17N3. The molecule has 0 spiro atoms. The van der Waals surface area contributed by atoms with Crippen molar-refractivity contribution in [2.75, 3.05) is 13.1 Å². The predicted octanol–water partition coefficient (Wildman–Crippen LogP) is 1.69.